The van der Waals surface area contributed by atoms with E-state index in [1.165, 1.54) is 11.1 Å². The molecular formula is C24H28FN3. The third kappa shape index (κ3) is 3.57. The van der Waals surface area contributed by atoms with E-state index in [1.807, 2.05) is 6.07 Å². The topological polar surface area (TPSA) is 22.3 Å². The minimum absolute atomic E-state index is 0.168. The quantitative estimate of drug-likeness (QED) is 0.665. The smallest absolute Gasteiger partial charge is 0.147 e. The second-order valence-electron chi connectivity index (χ2n) is 7.76. The average molecular weight is 378 g/mol. The van der Waals surface area contributed by atoms with E-state index in [9.17, 15) is 4.39 Å². The van der Waals surface area contributed by atoms with Crippen LogP contribution in [-0.2, 0) is 13.0 Å². The molecule has 2 aromatic carbocycles. The normalized spacial score (nSPS) is 17.6. The molecule has 1 atom stereocenters. The molecule has 1 aromatic heterocycles. The Morgan fingerprint density at radius 2 is 1.89 bits per heavy atom. The molecule has 0 aliphatic carbocycles. The molecule has 4 rings (SSSR count). The number of halogens is 1. The second kappa shape index (κ2) is 7.80. The van der Waals surface area contributed by atoms with Gasteiger partial charge in [0.1, 0.15) is 5.82 Å². The van der Waals surface area contributed by atoms with E-state index in [4.69, 9.17) is 0 Å². The Balaban J connectivity index is 1.50. The van der Waals surface area contributed by atoms with Gasteiger partial charge >= 0.3 is 0 Å². The fourth-order valence-corrected chi connectivity index (χ4v) is 4.27. The van der Waals surface area contributed by atoms with Gasteiger partial charge in [-0.15, -0.1) is 0 Å². The first-order valence-electron chi connectivity index (χ1n) is 10.0. The number of H-pyrrole nitrogens is 1. The van der Waals surface area contributed by atoms with Crippen molar-refractivity contribution >= 4 is 10.9 Å². The zero-order chi connectivity index (χ0) is 19.7. The molecule has 1 unspecified atom stereocenters. The number of hydrogen-bond donors (Lipinski definition) is 1. The van der Waals surface area contributed by atoms with Gasteiger partial charge < -0.3 is 9.88 Å². The Hall–Kier alpha value is -2.59. The van der Waals surface area contributed by atoms with Crippen LogP contribution in [0.4, 0.5) is 4.39 Å². The first-order chi connectivity index (χ1) is 13.5. The largest absolute Gasteiger partial charge is 0.358 e. The molecule has 3 nitrogen and oxygen atoms in total. The zero-order valence-electron chi connectivity index (χ0n) is 16.9. The summed E-state index contributed by atoms with van der Waals surface area (Å²) in [5.41, 5.74) is 5.41. The molecule has 0 radical (unpaired) electrons. The minimum atomic E-state index is -0.168. The number of nitrogens with zero attached hydrogens (tertiary/aromatic N) is 2. The summed E-state index contributed by atoms with van der Waals surface area (Å²) in [7, 11) is 0. The van der Waals surface area contributed by atoms with Crippen LogP contribution in [0.15, 0.2) is 54.7 Å². The van der Waals surface area contributed by atoms with Crippen LogP contribution in [0.25, 0.3) is 10.9 Å². The molecule has 2 heterocycles. The third-order valence-electron chi connectivity index (χ3n) is 5.93. The molecule has 1 aliphatic rings. The van der Waals surface area contributed by atoms with Gasteiger partial charge in [0, 0.05) is 30.7 Å². The highest BCUT2D eigenvalue weighted by Crippen LogP contribution is 2.28. The summed E-state index contributed by atoms with van der Waals surface area (Å²) in [6, 6.07) is 14.0. The highest BCUT2D eigenvalue weighted by molar-refractivity contribution is 5.88. The van der Waals surface area contributed by atoms with Gasteiger partial charge in [0.15, 0.2) is 0 Å². The summed E-state index contributed by atoms with van der Waals surface area (Å²) in [6.07, 6.45) is 5.68. The fraction of sp³-hybridized carbons (Fsp3) is 0.333. The predicted molar refractivity (Wildman–Crippen MR) is 114 cm³/mol. The average Bonchev–Trinajstić information content (AvgIpc) is 3.04. The van der Waals surface area contributed by atoms with Crippen molar-refractivity contribution in [3.63, 3.8) is 0 Å². The first kappa shape index (κ1) is 18.8. The number of benzene rings is 2. The van der Waals surface area contributed by atoms with Crippen LogP contribution >= 0.6 is 0 Å². The maximum absolute atomic E-state index is 14.2. The molecule has 0 fully saturated rings. The van der Waals surface area contributed by atoms with Crippen LogP contribution in [0.1, 0.15) is 29.3 Å². The van der Waals surface area contributed by atoms with Gasteiger partial charge in [-0.3, -0.25) is 4.90 Å². The zero-order valence-corrected chi connectivity index (χ0v) is 16.9. The molecule has 0 bridgehead atoms. The molecule has 0 saturated carbocycles. The summed E-state index contributed by atoms with van der Waals surface area (Å²) in [6.45, 7) is 9.18. The Bertz CT molecular complexity index is 990. The monoisotopic (exact) mass is 377 g/mol. The lowest BCUT2D eigenvalue weighted by molar-refractivity contribution is 0.0831. The number of aromatic nitrogens is 1. The standard InChI is InChI=1S/C24H28FN3/c1-17-10-11-22(25)24-23(17)21(18(2)26-24)12-15-27-13-7-14-28(19(27)3)16-20-8-5-4-6-9-20/h4-11,14,19,26H,12-13,15-16H2,1-3H3. The molecule has 0 amide bonds. The maximum atomic E-state index is 14.2. The van der Waals surface area contributed by atoms with E-state index in [0.29, 0.717) is 11.7 Å². The van der Waals surface area contributed by atoms with E-state index < -0.39 is 0 Å². The van der Waals surface area contributed by atoms with Crippen LogP contribution in [0.2, 0.25) is 0 Å². The van der Waals surface area contributed by atoms with Crippen LogP contribution in [0.5, 0.6) is 0 Å². The molecule has 1 aliphatic heterocycles. The highest BCUT2D eigenvalue weighted by Gasteiger charge is 2.22. The van der Waals surface area contributed by atoms with Gasteiger partial charge in [-0.05, 0) is 56.1 Å². The summed E-state index contributed by atoms with van der Waals surface area (Å²) in [4.78, 5) is 8.12. The Morgan fingerprint density at radius 1 is 1.11 bits per heavy atom. The molecule has 4 heteroatoms. The SMILES string of the molecule is Cc1[nH]c2c(F)ccc(C)c2c1CCN1CC=CN(Cc2ccccc2)C1C. The van der Waals surface area contributed by atoms with Crippen molar-refractivity contribution in [2.45, 2.75) is 39.9 Å². The van der Waals surface area contributed by atoms with Crippen molar-refractivity contribution in [3.8, 4) is 0 Å². The van der Waals surface area contributed by atoms with Crippen molar-refractivity contribution in [2.24, 2.45) is 0 Å². The maximum Gasteiger partial charge on any atom is 0.147 e. The minimum Gasteiger partial charge on any atom is -0.358 e. The molecule has 146 valence electrons. The van der Waals surface area contributed by atoms with E-state index >= 15 is 0 Å². The van der Waals surface area contributed by atoms with Crippen LogP contribution in [0, 0.1) is 19.7 Å². The lowest BCUT2D eigenvalue weighted by Crippen LogP contribution is -2.47. The molecular weight excluding hydrogens is 349 g/mol. The molecule has 3 aromatic rings. The second-order valence-corrected chi connectivity index (χ2v) is 7.76. The van der Waals surface area contributed by atoms with Crippen molar-refractivity contribution in [3.05, 3.63) is 82.9 Å². The van der Waals surface area contributed by atoms with Gasteiger partial charge in [0.2, 0.25) is 0 Å². The van der Waals surface area contributed by atoms with Gasteiger partial charge in [0.05, 0.1) is 11.7 Å². The first-order valence-corrected chi connectivity index (χ1v) is 10.0. The third-order valence-corrected chi connectivity index (χ3v) is 5.93. The van der Waals surface area contributed by atoms with Gasteiger partial charge in [0.25, 0.3) is 0 Å². The van der Waals surface area contributed by atoms with Crippen molar-refractivity contribution < 1.29 is 4.39 Å². The van der Waals surface area contributed by atoms with E-state index in [2.05, 4.69) is 78.2 Å². The molecule has 0 saturated heterocycles. The number of nitrogens with one attached hydrogen (secondary N) is 1. The van der Waals surface area contributed by atoms with E-state index in [1.54, 1.807) is 6.07 Å². The summed E-state index contributed by atoms with van der Waals surface area (Å²) >= 11 is 0. The van der Waals surface area contributed by atoms with Gasteiger partial charge in [-0.2, -0.15) is 0 Å². The summed E-state index contributed by atoms with van der Waals surface area (Å²) in [5, 5.41) is 1.05. The lowest BCUT2D eigenvalue weighted by Gasteiger charge is -2.40. The summed E-state index contributed by atoms with van der Waals surface area (Å²) in [5.74, 6) is -0.168. The van der Waals surface area contributed by atoms with E-state index in [-0.39, 0.29) is 5.82 Å². The molecule has 28 heavy (non-hydrogen) atoms. The lowest BCUT2D eigenvalue weighted by atomic mass is 10.0. The van der Waals surface area contributed by atoms with Crippen molar-refractivity contribution in [1.82, 2.24) is 14.8 Å². The van der Waals surface area contributed by atoms with Crippen LogP contribution < -0.4 is 0 Å². The Labute approximate surface area is 166 Å². The van der Waals surface area contributed by atoms with Crippen LogP contribution in [0.3, 0.4) is 0 Å². The number of hydrogen-bond acceptors (Lipinski definition) is 2. The number of fused-ring (bicyclic) bond motifs is 1. The van der Waals surface area contributed by atoms with Gasteiger partial charge in [-0.1, -0.05) is 42.5 Å². The predicted octanol–water partition coefficient (Wildman–Crippen LogP) is 5.14. The highest BCUT2D eigenvalue weighted by atomic mass is 19.1. The molecule has 0 spiro atoms. The fourth-order valence-electron chi connectivity index (χ4n) is 4.27. The number of aryl methyl sites for hydroxylation is 2. The number of aromatic amines is 1. The van der Waals surface area contributed by atoms with Crippen molar-refractivity contribution in [1.29, 1.82) is 0 Å². The molecule has 1 N–H and O–H groups in total. The van der Waals surface area contributed by atoms with Crippen molar-refractivity contribution in [2.75, 3.05) is 13.1 Å². The van der Waals surface area contributed by atoms with E-state index in [0.717, 1.165) is 42.7 Å². The summed E-state index contributed by atoms with van der Waals surface area (Å²) < 4.78 is 14.2. The van der Waals surface area contributed by atoms with Crippen LogP contribution in [-0.4, -0.2) is 34.0 Å². The number of rotatable bonds is 5. The van der Waals surface area contributed by atoms with Gasteiger partial charge in [-0.25, -0.2) is 4.39 Å². The Kier molecular flexibility index (Phi) is 5.23. The Morgan fingerprint density at radius 3 is 2.68 bits per heavy atom.